The summed E-state index contributed by atoms with van der Waals surface area (Å²) in [5.41, 5.74) is 4.37. The molecule has 3 aromatic rings. The van der Waals surface area contributed by atoms with Gasteiger partial charge in [-0.1, -0.05) is 36.4 Å². The summed E-state index contributed by atoms with van der Waals surface area (Å²) in [6.45, 7) is 6.30. The molecule has 1 aliphatic rings. The number of nitriles is 1. The Morgan fingerprint density at radius 2 is 1.62 bits per heavy atom. The Kier molecular flexibility index (Phi) is 5.01. The minimum atomic E-state index is 0.817. The highest BCUT2D eigenvalue weighted by molar-refractivity contribution is 5.65. The van der Waals surface area contributed by atoms with Crippen LogP contribution >= 0.6 is 0 Å². The van der Waals surface area contributed by atoms with E-state index in [2.05, 4.69) is 56.8 Å². The van der Waals surface area contributed by atoms with Crippen LogP contribution in [-0.4, -0.2) is 46.9 Å². The molecule has 0 bridgehead atoms. The zero-order chi connectivity index (χ0) is 17.8. The van der Waals surface area contributed by atoms with Crippen LogP contribution in [0.4, 0.5) is 0 Å². The van der Waals surface area contributed by atoms with Crippen molar-refractivity contribution in [2.75, 3.05) is 32.7 Å². The van der Waals surface area contributed by atoms with Gasteiger partial charge in [-0.25, -0.2) is 0 Å². The highest BCUT2D eigenvalue weighted by Gasteiger charge is 2.19. The number of aromatic nitrogens is 1. The van der Waals surface area contributed by atoms with Crippen molar-refractivity contribution in [3.63, 3.8) is 0 Å². The molecule has 0 atom stereocenters. The third kappa shape index (κ3) is 3.65. The van der Waals surface area contributed by atoms with Crippen LogP contribution in [0.25, 0.3) is 5.52 Å². The molecule has 0 saturated carbocycles. The molecule has 1 saturated heterocycles. The summed E-state index contributed by atoms with van der Waals surface area (Å²) in [6.07, 6.45) is 5.24. The summed E-state index contributed by atoms with van der Waals surface area (Å²) in [7, 11) is 0. The van der Waals surface area contributed by atoms with E-state index in [1.54, 1.807) is 0 Å². The van der Waals surface area contributed by atoms with Gasteiger partial charge in [-0.05, 0) is 24.1 Å². The highest BCUT2D eigenvalue weighted by Crippen LogP contribution is 2.20. The first-order chi connectivity index (χ1) is 12.8. The van der Waals surface area contributed by atoms with E-state index < -0.39 is 0 Å². The van der Waals surface area contributed by atoms with Crippen molar-refractivity contribution in [1.82, 2.24) is 14.2 Å². The Hall–Kier alpha value is -2.61. The summed E-state index contributed by atoms with van der Waals surface area (Å²) in [4.78, 5) is 5.01. The summed E-state index contributed by atoms with van der Waals surface area (Å²) in [5, 5.41) is 9.57. The number of piperazine rings is 1. The predicted molar refractivity (Wildman–Crippen MR) is 104 cm³/mol. The maximum absolute atomic E-state index is 9.57. The van der Waals surface area contributed by atoms with Crippen molar-refractivity contribution in [1.29, 1.82) is 5.26 Å². The van der Waals surface area contributed by atoms with Crippen molar-refractivity contribution >= 4 is 5.52 Å². The van der Waals surface area contributed by atoms with Crippen LogP contribution in [0, 0.1) is 11.3 Å². The van der Waals surface area contributed by atoms with Crippen LogP contribution in [0.5, 0.6) is 0 Å². The van der Waals surface area contributed by atoms with Crippen molar-refractivity contribution in [2.24, 2.45) is 0 Å². The predicted octanol–water partition coefficient (Wildman–Crippen LogP) is 3.17. The van der Waals surface area contributed by atoms with Gasteiger partial charge in [-0.2, -0.15) is 5.26 Å². The lowest BCUT2D eigenvalue weighted by Crippen LogP contribution is -2.46. The smallest absolute Gasteiger partial charge is 0.102 e. The second-order valence-corrected chi connectivity index (χ2v) is 6.99. The average molecular weight is 344 g/mol. The van der Waals surface area contributed by atoms with Crippen LogP contribution in [0.1, 0.15) is 16.7 Å². The monoisotopic (exact) mass is 344 g/mol. The maximum atomic E-state index is 9.57. The number of benzene rings is 1. The third-order valence-corrected chi connectivity index (χ3v) is 5.29. The number of fused-ring (bicyclic) bond motifs is 1. The van der Waals surface area contributed by atoms with Gasteiger partial charge in [-0.3, -0.25) is 4.90 Å². The molecule has 0 radical (unpaired) electrons. The molecule has 0 spiro atoms. The number of hydrogen-bond donors (Lipinski definition) is 0. The fourth-order valence-corrected chi connectivity index (χ4v) is 3.77. The molecule has 0 amide bonds. The third-order valence-electron chi connectivity index (χ3n) is 5.29. The minimum Gasteiger partial charge on any atom is -0.322 e. The Labute approximate surface area is 154 Å². The highest BCUT2D eigenvalue weighted by atomic mass is 15.3. The number of hydrogen-bond acceptors (Lipinski definition) is 3. The normalized spacial score (nSPS) is 16.0. The van der Waals surface area contributed by atoms with Gasteiger partial charge in [0.25, 0.3) is 0 Å². The van der Waals surface area contributed by atoms with Crippen LogP contribution in [0.2, 0.25) is 0 Å². The molecule has 3 heterocycles. The van der Waals surface area contributed by atoms with E-state index in [-0.39, 0.29) is 0 Å². The van der Waals surface area contributed by atoms with Gasteiger partial charge < -0.3 is 9.30 Å². The molecule has 1 aliphatic heterocycles. The molecule has 1 aromatic carbocycles. The lowest BCUT2D eigenvalue weighted by Gasteiger charge is -2.34. The quantitative estimate of drug-likeness (QED) is 0.713. The topological polar surface area (TPSA) is 34.7 Å². The molecule has 2 aromatic heterocycles. The van der Waals surface area contributed by atoms with E-state index in [9.17, 15) is 5.26 Å². The zero-order valence-electron chi connectivity index (χ0n) is 15.0. The SMILES string of the molecule is N#Cc1c(CN2CCN(CCc3ccccc3)CC2)cn2ccccc12. The van der Waals surface area contributed by atoms with Gasteiger partial charge in [0.1, 0.15) is 6.07 Å². The summed E-state index contributed by atoms with van der Waals surface area (Å²) in [6, 6.07) is 19.1. The van der Waals surface area contributed by atoms with E-state index in [0.717, 1.165) is 62.3 Å². The molecule has 132 valence electrons. The summed E-state index contributed by atoms with van der Waals surface area (Å²) < 4.78 is 2.06. The Morgan fingerprint density at radius 1 is 0.885 bits per heavy atom. The molecule has 1 fully saturated rings. The first kappa shape index (κ1) is 16.8. The molecular weight excluding hydrogens is 320 g/mol. The molecule has 26 heavy (non-hydrogen) atoms. The second kappa shape index (κ2) is 7.74. The molecule has 0 N–H and O–H groups in total. The molecular formula is C22H24N4. The van der Waals surface area contributed by atoms with Gasteiger partial charge in [0.05, 0.1) is 11.1 Å². The van der Waals surface area contributed by atoms with E-state index in [4.69, 9.17) is 0 Å². The number of nitrogens with zero attached hydrogens (tertiary/aromatic N) is 4. The van der Waals surface area contributed by atoms with Crippen LogP contribution in [-0.2, 0) is 13.0 Å². The van der Waals surface area contributed by atoms with Crippen molar-refractivity contribution < 1.29 is 0 Å². The minimum absolute atomic E-state index is 0.817. The first-order valence-corrected chi connectivity index (χ1v) is 9.31. The fraction of sp³-hybridized carbons (Fsp3) is 0.318. The Balaban J connectivity index is 1.34. The largest absolute Gasteiger partial charge is 0.322 e. The number of pyridine rings is 1. The summed E-state index contributed by atoms with van der Waals surface area (Å²) in [5.74, 6) is 0. The van der Waals surface area contributed by atoms with Gasteiger partial charge >= 0.3 is 0 Å². The molecule has 0 unspecified atom stereocenters. The number of rotatable bonds is 5. The van der Waals surface area contributed by atoms with Crippen molar-refractivity contribution in [3.8, 4) is 6.07 Å². The van der Waals surface area contributed by atoms with Crippen LogP contribution in [0.3, 0.4) is 0 Å². The van der Waals surface area contributed by atoms with Gasteiger partial charge in [0.2, 0.25) is 0 Å². The Morgan fingerprint density at radius 3 is 2.38 bits per heavy atom. The Bertz CT molecular complexity index is 899. The van der Waals surface area contributed by atoms with Gasteiger partial charge in [-0.15, -0.1) is 0 Å². The van der Waals surface area contributed by atoms with Crippen molar-refractivity contribution in [3.05, 3.63) is 77.6 Å². The lowest BCUT2D eigenvalue weighted by atomic mass is 10.1. The standard InChI is InChI=1S/C22H24N4/c23-16-21-20(18-26-10-5-4-8-22(21)26)17-25-14-12-24(13-15-25)11-9-19-6-2-1-3-7-19/h1-8,10,18H,9,11-15,17H2. The molecule has 4 rings (SSSR count). The maximum Gasteiger partial charge on any atom is 0.102 e. The van der Waals surface area contributed by atoms with Crippen LogP contribution < -0.4 is 0 Å². The van der Waals surface area contributed by atoms with Crippen LogP contribution in [0.15, 0.2) is 60.9 Å². The van der Waals surface area contributed by atoms with Gasteiger partial charge in [0.15, 0.2) is 0 Å². The van der Waals surface area contributed by atoms with E-state index >= 15 is 0 Å². The first-order valence-electron chi connectivity index (χ1n) is 9.31. The molecule has 4 nitrogen and oxygen atoms in total. The van der Waals surface area contributed by atoms with E-state index in [1.807, 2.05) is 24.4 Å². The second-order valence-electron chi connectivity index (χ2n) is 6.99. The average Bonchev–Trinajstić information content (AvgIpc) is 3.05. The van der Waals surface area contributed by atoms with E-state index in [1.165, 1.54) is 5.56 Å². The zero-order valence-corrected chi connectivity index (χ0v) is 15.0. The lowest BCUT2D eigenvalue weighted by molar-refractivity contribution is 0.128. The van der Waals surface area contributed by atoms with Crippen molar-refractivity contribution in [2.45, 2.75) is 13.0 Å². The molecule has 0 aliphatic carbocycles. The fourth-order valence-electron chi connectivity index (χ4n) is 3.77. The van der Waals surface area contributed by atoms with E-state index in [0.29, 0.717) is 0 Å². The summed E-state index contributed by atoms with van der Waals surface area (Å²) >= 11 is 0. The van der Waals surface area contributed by atoms with Gasteiger partial charge in [0, 0.05) is 57.2 Å². The molecule has 4 heteroatoms.